The van der Waals surface area contributed by atoms with Gasteiger partial charge in [0, 0.05) is 13.1 Å². The topological polar surface area (TPSA) is 21.3 Å². The first-order chi connectivity index (χ1) is 12.0. The Kier molecular flexibility index (Phi) is 7.75. The molecule has 0 saturated carbocycles. The van der Waals surface area contributed by atoms with Gasteiger partial charge in [0.25, 0.3) is 0 Å². The largest absolute Gasteiger partial charge is 0.489 e. The van der Waals surface area contributed by atoms with Gasteiger partial charge in [-0.05, 0) is 41.5 Å². The van der Waals surface area contributed by atoms with E-state index in [2.05, 4.69) is 68.6 Å². The molecule has 0 atom stereocenters. The molecule has 0 amide bonds. The highest BCUT2D eigenvalue weighted by Gasteiger charge is 2.07. The molecule has 0 spiro atoms. The van der Waals surface area contributed by atoms with Crippen LogP contribution in [0, 0.1) is 5.41 Å². The Bertz CT molecular complexity index is 641. The molecule has 0 heterocycles. The standard InChI is InChI=1S/C23H31NO/c1-23(2,3)15-8-5-9-16-24-18-21-13-10-14-22(17-21)25-19-20-11-6-4-7-12-20/h4-7,9-14,17,24H,8,15-16,18-19H2,1-3H3/b9-5+. The molecule has 0 aliphatic heterocycles. The Hall–Kier alpha value is -2.06. The number of hydrogen-bond acceptors (Lipinski definition) is 2. The van der Waals surface area contributed by atoms with Crippen LogP contribution in [-0.4, -0.2) is 6.54 Å². The third-order valence-corrected chi connectivity index (χ3v) is 3.97. The lowest BCUT2D eigenvalue weighted by Crippen LogP contribution is -2.13. The van der Waals surface area contributed by atoms with Crippen LogP contribution in [0.1, 0.15) is 44.7 Å². The second-order valence-electron chi connectivity index (χ2n) is 7.62. The molecule has 2 rings (SSSR count). The summed E-state index contributed by atoms with van der Waals surface area (Å²) in [6.45, 7) is 9.21. The Labute approximate surface area is 152 Å². The number of nitrogens with one attached hydrogen (secondary N) is 1. The van der Waals surface area contributed by atoms with E-state index < -0.39 is 0 Å². The normalized spacial score (nSPS) is 11.8. The predicted octanol–water partition coefficient (Wildman–Crippen LogP) is 5.74. The van der Waals surface area contributed by atoms with Gasteiger partial charge in [-0.15, -0.1) is 0 Å². The third kappa shape index (κ3) is 8.55. The fourth-order valence-electron chi connectivity index (χ4n) is 2.50. The van der Waals surface area contributed by atoms with Crippen molar-refractivity contribution in [1.82, 2.24) is 5.32 Å². The monoisotopic (exact) mass is 337 g/mol. The summed E-state index contributed by atoms with van der Waals surface area (Å²) in [5.41, 5.74) is 2.85. The zero-order valence-electron chi connectivity index (χ0n) is 15.8. The Morgan fingerprint density at radius 1 is 0.920 bits per heavy atom. The maximum atomic E-state index is 5.88. The summed E-state index contributed by atoms with van der Waals surface area (Å²) in [5.74, 6) is 0.920. The first-order valence-corrected chi connectivity index (χ1v) is 9.14. The molecule has 0 radical (unpaired) electrons. The first-order valence-electron chi connectivity index (χ1n) is 9.14. The molecule has 0 bridgehead atoms. The Morgan fingerprint density at radius 2 is 1.68 bits per heavy atom. The quantitative estimate of drug-likeness (QED) is 0.465. The molecular formula is C23H31NO. The summed E-state index contributed by atoms with van der Waals surface area (Å²) in [6, 6.07) is 18.6. The van der Waals surface area contributed by atoms with Crippen LogP contribution >= 0.6 is 0 Å². The highest BCUT2D eigenvalue weighted by atomic mass is 16.5. The summed E-state index contributed by atoms with van der Waals surface area (Å²) < 4.78 is 5.88. The van der Waals surface area contributed by atoms with E-state index in [0.29, 0.717) is 12.0 Å². The van der Waals surface area contributed by atoms with E-state index >= 15 is 0 Å². The van der Waals surface area contributed by atoms with Crippen molar-refractivity contribution in [2.75, 3.05) is 6.54 Å². The van der Waals surface area contributed by atoms with E-state index in [1.54, 1.807) is 0 Å². The van der Waals surface area contributed by atoms with Crippen molar-refractivity contribution in [2.45, 2.75) is 46.8 Å². The van der Waals surface area contributed by atoms with E-state index in [1.165, 1.54) is 17.5 Å². The van der Waals surface area contributed by atoms with Gasteiger partial charge in [0.1, 0.15) is 12.4 Å². The van der Waals surface area contributed by atoms with Crippen LogP contribution in [0.15, 0.2) is 66.7 Å². The fraction of sp³-hybridized carbons (Fsp3) is 0.391. The third-order valence-electron chi connectivity index (χ3n) is 3.97. The fourth-order valence-corrected chi connectivity index (χ4v) is 2.50. The van der Waals surface area contributed by atoms with Gasteiger partial charge in [-0.25, -0.2) is 0 Å². The maximum absolute atomic E-state index is 5.88. The van der Waals surface area contributed by atoms with Gasteiger partial charge in [0.15, 0.2) is 0 Å². The van der Waals surface area contributed by atoms with Gasteiger partial charge < -0.3 is 10.1 Å². The molecule has 2 aromatic carbocycles. The van der Waals surface area contributed by atoms with Gasteiger partial charge in [0.2, 0.25) is 0 Å². The van der Waals surface area contributed by atoms with E-state index in [-0.39, 0.29) is 0 Å². The van der Waals surface area contributed by atoms with Crippen molar-refractivity contribution in [2.24, 2.45) is 5.41 Å². The molecule has 0 unspecified atom stereocenters. The van der Waals surface area contributed by atoms with Gasteiger partial charge in [-0.2, -0.15) is 0 Å². The number of ether oxygens (including phenoxy) is 1. The van der Waals surface area contributed by atoms with Crippen LogP contribution in [0.5, 0.6) is 5.75 Å². The second-order valence-corrected chi connectivity index (χ2v) is 7.62. The predicted molar refractivity (Wildman–Crippen MR) is 107 cm³/mol. The van der Waals surface area contributed by atoms with E-state index in [9.17, 15) is 0 Å². The minimum Gasteiger partial charge on any atom is -0.489 e. The summed E-state index contributed by atoms with van der Waals surface area (Å²) in [6.07, 6.45) is 6.87. The minimum absolute atomic E-state index is 0.415. The first kappa shape index (κ1) is 19.3. The number of allylic oxidation sites excluding steroid dienone is 1. The summed E-state index contributed by atoms with van der Waals surface area (Å²) in [5, 5.41) is 3.46. The summed E-state index contributed by atoms with van der Waals surface area (Å²) in [7, 11) is 0. The molecule has 2 heteroatoms. The Morgan fingerprint density at radius 3 is 2.44 bits per heavy atom. The summed E-state index contributed by atoms with van der Waals surface area (Å²) >= 11 is 0. The lowest BCUT2D eigenvalue weighted by Gasteiger charge is -2.15. The van der Waals surface area contributed by atoms with Crippen molar-refractivity contribution in [1.29, 1.82) is 0 Å². The number of benzene rings is 2. The molecular weight excluding hydrogens is 306 g/mol. The van der Waals surface area contributed by atoms with Crippen molar-refractivity contribution in [3.63, 3.8) is 0 Å². The zero-order valence-corrected chi connectivity index (χ0v) is 15.8. The Balaban J connectivity index is 1.69. The molecule has 0 aliphatic rings. The van der Waals surface area contributed by atoms with Gasteiger partial charge in [0.05, 0.1) is 0 Å². The molecule has 0 aromatic heterocycles. The highest BCUT2D eigenvalue weighted by Crippen LogP contribution is 2.20. The van der Waals surface area contributed by atoms with Crippen LogP contribution in [0.3, 0.4) is 0 Å². The number of rotatable bonds is 9. The van der Waals surface area contributed by atoms with Crippen LogP contribution in [-0.2, 0) is 13.2 Å². The van der Waals surface area contributed by atoms with Crippen LogP contribution in [0.25, 0.3) is 0 Å². The van der Waals surface area contributed by atoms with Crippen LogP contribution < -0.4 is 10.1 Å². The molecule has 2 nitrogen and oxygen atoms in total. The number of hydrogen-bond donors (Lipinski definition) is 1. The molecule has 2 aromatic rings. The molecule has 25 heavy (non-hydrogen) atoms. The minimum atomic E-state index is 0.415. The van der Waals surface area contributed by atoms with Crippen molar-refractivity contribution < 1.29 is 4.74 Å². The van der Waals surface area contributed by atoms with E-state index in [4.69, 9.17) is 4.74 Å². The van der Waals surface area contributed by atoms with Gasteiger partial charge >= 0.3 is 0 Å². The van der Waals surface area contributed by atoms with Crippen LogP contribution in [0.4, 0.5) is 0 Å². The lowest BCUT2D eigenvalue weighted by atomic mass is 9.90. The highest BCUT2D eigenvalue weighted by molar-refractivity contribution is 5.29. The van der Waals surface area contributed by atoms with Gasteiger partial charge in [-0.3, -0.25) is 0 Å². The van der Waals surface area contributed by atoms with Gasteiger partial charge in [-0.1, -0.05) is 75.4 Å². The SMILES string of the molecule is CC(C)(C)CC/C=C/CNCc1cccc(OCc2ccccc2)c1. The van der Waals surface area contributed by atoms with Crippen LogP contribution in [0.2, 0.25) is 0 Å². The molecule has 1 N–H and O–H groups in total. The molecule has 0 aliphatic carbocycles. The average Bonchev–Trinajstić information content (AvgIpc) is 2.59. The van der Waals surface area contributed by atoms with Crippen molar-refractivity contribution >= 4 is 0 Å². The molecule has 0 saturated heterocycles. The lowest BCUT2D eigenvalue weighted by molar-refractivity contribution is 0.306. The maximum Gasteiger partial charge on any atom is 0.120 e. The zero-order chi connectivity index (χ0) is 18.0. The van der Waals surface area contributed by atoms with E-state index in [1.807, 2.05) is 24.3 Å². The van der Waals surface area contributed by atoms with E-state index in [0.717, 1.165) is 25.3 Å². The smallest absolute Gasteiger partial charge is 0.120 e. The molecule has 134 valence electrons. The van der Waals surface area contributed by atoms with Crippen molar-refractivity contribution in [3.05, 3.63) is 77.9 Å². The average molecular weight is 338 g/mol. The second kappa shape index (κ2) is 10.0. The van der Waals surface area contributed by atoms with Crippen molar-refractivity contribution in [3.8, 4) is 5.75 Å². The summed E-state index contributed by atoms with van der Waals surface area (Å²) in [4.78, 5) is 0. The molecule has 0 fully saturated rings.